The molecule has 0 aromatic carbocycles. The number of hydrogen-bond donors (Lipinski definition) is 2. The van der Waals surface area contributed by atoms with E-state index < -0.39 is 5.54 Å². The van der Waals surface area contributed by atoms with Crippen LogP contribution in [-0.4, -0.2) is 47.7 Å². The number of rotatable bonds is 9. The van der Waals surface area contributed by atoms with E-state index in [-0.39, 0.29) is 19.1 Å². The standard InChI is InChI=1S/C14H24N2O2/c1-5-9-16(10-11-17)12-13(18)15-14(6-2,7-3)8-4/h2,5,17H,1,7-12H2,3-4H3,(H,15,18). The third kappa shape index (κ3) is 5.35. The van der Waals surface area contributed by atoms with Gasteiger partial charge in [-0.1, -0.05) is 25.8 Å². The molecule has 0 radical (unpaired) electrons. The van der Waals surface area contributed by atoms with Crippen LogP contribution in [0.2, 0.25) is 0 Å². The molecule has 0 aromatic heterocycles. The second-order valence-corrected chi connectivity index (χ2v) is 4.23. The van der Waals surface area contributed by atoms with Crippen molar-refractivity contribution >= 4 is 5.91 Å². The minimum atomic E-state index is -0.559. The van der Waals surface area contributed by atoms with Crippen molar-refractivity contribution in [1.29, 1.82) is 0 Å². The zero-order valence-electron chi connectivity index (χ0n) is 11.4. The lowest BCUT2D eigenvalue weighted by atomic mass is 9.94. The number of hydrogen-bond acceptors (Lipinski definition) is 3. The first-order chi connectivity index (χ1) is 8.57. The maximum Gasteiger partial charge on any atom is 0.235 e. The summed E-state index contributed by atoms with van der Waals surface area (Å²) in [5, 5.41) is 11.8. The molecule has 0 rings (SSSR count). The fourth-order valence-electron chi connectivity index (χ4n) is 1.74. The van der Waals surface area contributed by atoms with Crippen LogP contribution in [0.15, 0.2) is 12.7 Å². The smallest absolute Gasteiger partial charge is 0.235 e. The van der Waals surface area contributed by atoms with Gasteiger partial charge < -0.3 is 10.4 Å². The number of terminal acetylenes is 1. The van der Waals surface area contributed by atoms with E-state index in [1.165, 1.54) is 0 Å². The Balaban J connectivity index is 4.47. The van der Waals surface area contributed by atoms with Gasteiger partial charge in [0.15, 0.2) is 0 Å². The molecule has 0 aromatic rings. The molecule has 1 amide bonds. The number of aliphatic hydroxyl groups is 1. The molecule has 0 heterocycles. The van der Waals surface area contributed by atoms with Crippen molar-refractivity contribution in [3.05, 3.63) is 12.7 Å². The molecular formula is C14H24N2O2. The van der Waals surface area contributed by atoms with Gasteiger partial charge in [0.2, 0.25) is 5.91 Å². The number of aliphatic hydroxyl groups excluding tert-OH is 1. The zero-order chi connectivity index (χ0) is 14.0. The van der Waals surface area contributed by atoms with Crippen molar-refractivity contribution in [3.63, 3.8) is 0 Å². The third-order valence-corrected chi connectivity index (χ3v) is 3.03. The van der Waals surface area contributed by atoms with E-state index in [0.717, 1.165) is 0 Å². The minimum absolute atomic E-state index is 0.0168. The van der Waals surface area contributed by atoms with Crippen LogP contribution in [0, 0.1) is 12.3 Å². The Labute approximate surface area is 110 Å². The van der Waals surface area contributed by atoms with Gasteiger partial charge in [0.05, 0.1) is 13.2 Å². The van der Waals surface area contributed by atoms with Crippen molar-refractivity contribution in [2.24, 2.45) is 0 Å². The van der Waals surface area contributed by atoms with E-state index in [1.807, 2.05) is 18.7 Å². The van der Waals surface area contributed by atoms with Crippen LogP contribution in [0.25, 0.3) is 0 Å². The molecule has 0 atom stereocenters. The normalized spacial score (nSPS) is 11.1. The van der Waals surface area contributed by atoms with Crippen LogP contribution >= 0.6 is 0 Å². The largest absolute Gasteiger partial charge is 0.395 e. The summed E-state index contributed by atoms with van der Waals surface area (Å²) in [6, 6.07) is 0. The Morgan fingerprint density at radius 1 is 1.56 bits per heavy atom. The van der Waals surface area contributed by atoms with Crippen LogP contribution in [0.5, 0.6) is 0 Å². The molecule has 0 aliphatic carbocycles. The molecule has 0 spiro atoms. The summed E-state index contributed by atoms with van der Waals surface area (Å²) in [6.45, 7) is 8.79. The number of carbonyl (C=O) groups is 1. The quantitative estimate of drug-likeness (QED) is 0.471. The molecule has 0 bridgehead atoms. The first kappa shape index (κ1) is 16.7. The molecule has 2 N–H and O–H groups in total. The highest BCUT2D eigenvalue weighted by molar-refractivity contribution is 5.79. The summed E-state index contributed by atoms with van der Waals surface area (Å²) >= 11 is 0. The summed E-state index contributed by atoms with van der Waals surface area (Å²) in [6.07, 6.45) is 8.60. The van der Waals surface area contributed by atoms with Crippen LogP contribution in [0.1, 0.15) is 26.7 Å². The molecule has 4 nitrogen and oxygen atoms in total. The Morgan fingerprint density at radius 3 is 2.56 bits per heavy atom. The summed E-state index contributed by atoms with van der Waals surface area (Å²) in [5.41, 5.74) is -0.559. The topological polar surface area (TPSA) is 52.6 Å². The second-order valence-electron chi connectivity index (χ2n) is 4.23. The van der Waals surface area contributed by atoms with E-state index in [4.69, 9.17) is 11.5 Å². The molecular weight excluding hydrogens is 228 g/mol. The van der Waals surface area contributed by atoms with Gasteiger partial charge in [-0.15, -0.1) is 13.0 Å². The maximum absolute atomic E-state index is 11.9. The molecule has 0 aliphatic heterocycles. The fourth-order valence-corrected chi connectivity index (χ4v) is 1.74. The molecule has 4 heteroatoms. The van der Waals surface area contributed by atoms with E-state index in [1.54, 1.807) is 6.08 Å². The Bertz CT molecular complexity index is 303. The van der Waals surface area contributed by atoms with Gasteiger partial charge in [-0.2, -0.15) is 0 Å². The van der Waals surface area contributed by atoms with Crippen LogP contribution in [0.4, 0.5) is 0 Å². The summed E-state index contributed by atoms with van der Waals surface area (Å²) in [4.78, 5) is 13.7. The first-order valence-corrected chi connectivity index (χ1v) is 6.30. The van der Waals surface area contributed by atoms with Crippen LogP contribution < -0.4 is 5.32 Å². The Kier molecular flexibility index (Phi) is 8.10. The maximum atomic E-state index is 11.9. The lowest BCUT2D eigenvalue weighted by Gasteiger charge is -2.28. The summed E-state index contributed by atoms with van der Waals surface area (Å²) < 4.78 is 0. The fraction of sp³-hybridized carbons (Fsp3) is 0.643. The van der Waals surface area contributed by atoms with Gasteiger partial charge in [-0.05, 0) is 12.8 Å². The molecule has 0 saturated heterocycles. The van der Waals surface area contributed by atoms with Gasteiger partial charge >= 0.3 is 0 Å². The van der Waals surface area contributed by atoms with Gasteiger partial charge in [0.25, 0.3) is 0 Å². The Hall–Kier alpha value is -1.31. The van der Waals surface area contributed by atoms with Gasteiger partial charge in [-0.3, -0.25) is 9.69 Å². The second kappa shape index (κ2) is 8.73. The number of nitrogens with zero attached hydrogens (tertiary/aromatic N) is 1. The third-order valence-electron chi connectivity index (χ3n) is 3.03. The van der Waals surface area contributed by atoms with E-state index in [9.17, 15) is 4.79 Å². The number of carbonyl (C=O) groups excluding carboxylic acids is 1. The predicted octanol–water partition coefficient (Wildman–Crippen LogP) is 0.775. The summed E-state index contributed by atoms with van der Waals surface area (Å²) in [7, 11) is 0. The minimum Gasteiger partial charge on any atom is -0.395 e. The molecule has 0 aliphatic rings. The molecule has 0 fully saturated rings. The SMILES string of the molecule is C#CC(CC)(CC)NC(=O)CN(CC=C)CCO. The average Bonchev–Trinajstić information content (AvgIpc) is 2.37. The van der Waals surface area contributed by atoms with E-state index >= 15 is 0 Å². The van der Waals surface area contributed by atoms with E-state index in [0.29, 0.717) is 25.9 Å². The van der Waals surface area contributed by atoms with E-state index in [2.05, 4.69) is 17.8 Å². The van der Waals surface area contributed by atoms with Gasteiger partial charge in [0, 0.05) is 13.1 Å². The lowest BCUT2D eigenvalue weighted by Crippen LogP contribution is -2.50. The predicted molar refractivity (Wildman–Crippen MR) is 74.0 cm³/mol. The molecule has 18 heavy (non-hydrogen) atoms. The molecule has 0 unspecified atom stereocenters. The summed E-state index contributed by atoms with van der Waals surface area (Å²) in [5.74, 6) is 2.54. The van der Waals surface area contributed by atoms with Crippen molar-refractivity contribution in [2.45, 2.75) is 32.2 Å². The highest BCUT2D eigenvalue weighted by Crippen LogP contribution is 2.13. The van der Waals surface area contributed by atoms with Crippen molar-refractivity contribution < 1.29 is 9.90 Å². The monoisotopic (exact) mass is 252 g/mol. The number of nitrogens with one attached hydrogen (secondary N) is 1. The van der Waals surface area contributed by atoms with Crippen LogP contribution in [0.3, 0.4) is 0 Å². The Morgan fingerprint density at radius 2 is 2.17 bits per heavy atom. The zero-order valence-corrected chi connectivity index (χ0v) is 11.4. The molecule has 102 valence electrons. The lowest BCUT2D eigenvalue weighted by molar-refractivity contribution is -0.123. The van der Waals surface area contributed by atoms with Crippen LogP contribution in [-0.2, 0) is 4.79 Å². The van der Waals surface area contributed by atoms with Gasteiger partial charge in [-0.25, -0.2) is 0 Å². The molecule has 0 saturated carbocycles. The highest BCUT2D eigenvalue weighted by atomic mass is 16.3. The first-order valence-electron chi connectivity index (χ1n) is 6.30. The average molecular weight is 252 g/mol. The van der Waals surface area contributed by atoms with Crippen molar-refractivity contribution in [1.82, 2.24) is 10.2 Å². The number of amides is 1. The van der Waals surface area contributed by atoms with Crippen molar-refractivity contribution in [3.8, 4) is 12.3 Å². The van der Waals surface area contributed by atoms with Gasteiger partial charge in [0.1, 0.15) is 5.54 Å². The van der Waals surface area contributed by atoms with Crippen molar-refractivity contribution in [2.75, 3.05) is 26.2 Å². The highest BCUT2D eigenvalue weighted by Gasteiger charge is 2.25.